The molecule has 104 valence electrons. The fraction of sp³-hybridized carbons (Fsp3) is 0.714. The molecule has 1 aromatic heterocycles. The van der Waals surface area contributed by atoms with Crippen LogP contribution in [-0.2, 0) is 0 Å². The van der Waals surface area contributed by atoms with Crippen molar-refractivity contribution in [1.82, 2.24) is 15.3 Å². The van der Waals surface area contributed by atoms with Crippen molar-refractivity contribution in [3.63, 3.8) is 0 Å². The maximum Gasteiger partial charge on any atom is 0.225 e. The zero-order chi connectivity index (χ0) is 12.9. The molecule has 0 radical (unpaired) electrons. The first-order valence-electron chi connectivity index (χ1n) is 7.27. The first kappa shape index (κ1) is 13.2. The molecular weight excluding hydrogens is 256 g/mol. The molecule has 2 aliphatic heterocycles. The van der Waals surface area contributed by atoms with Crippen LogP contribution in [0.5, 0.6) is 0 Å². The van der Waals surface area contributed by atoms with Gasteiger partial charge < -0.3 is 10.2 Å². The Labute approximate surface area is 119 Å². The minimum Gasteiger partial charge on any atom is -0.339 e. The van der Waals surface area contributed by atoms with E-state index in [0.29, 0.717) is 12.1 Å². The fourth-order valence-corrected chi connectivity index (χ4v) is 4.04. The Morgan fingerprint density at radius 1 is 1.16 bits per heavy atom. The van der Waals surface area contributed by atoms with Crippen LogP contribution < -0.4 is 10.2 Å². The SMILES string of the molecule is c1cnc(N2CCCC(NC3CCCSC3)C2)nc1. The number of nitrogens with zero attached hydrogens (tertiary/aromatic N) is 3. The zero-order valence-electron chi connectivity index (χ0n) is 11.3. The average Bonchev–Trinajstić information content (AvgIpc) is 2.49. The van der Waals surface area contributed by atoms with E-state index in [-0.39, 0.29) is 0 Å². The number of hydrogen-bond acceptors (Lipinski definition) is 5. The molecule has 0 spiro atoms. The van der Waals surface area contributed by atoms with Crippen LogP contribution >= 0.6 is 11.8 Å². The lowest BCUT2D eigenvalue weighted by Crippen LogP contribution is -2.50. The maximum atomic E-state index is 4.37. The highest BCUT2D eigenvalue weighted by atomic mass is 32.2. The quantitative estimate of drug-likeness (QED) is 0.915. The average molecular weight is 278 g/mol. The molecule has 0 amide bonds. The highest BCUT2D eigenvalue weighted by Gasteiger charge is 2.24. The van der Waals surface area contributed by atoms with Gasteiger partial charge in [0.05, 0.1) is 0 Å². The molecule has 19 heavy (non-hydrogen) atoms. The van der Waals surface area contributed by atoms with E-state index >= 15 is 0 Å². The zero-order valence-corrected chi connectivity index (χ0v) is 12.1. The molecule has 0 saturated carbocycles. The number of hydrogen-bond donors (Lipinski definition) is 1. The number of aromatic nitrogens is 2. The summed E-state index contributed by atoms with van der Waals surface area (Å²) in [4.78, 5) is 11.0. The number of nitrogens with one attached hydrogen (secondary N) is 1. The van der Waals surface area contributed by atoms with Crippen molar-refractivity contribution in [2.75, 3.05) is 29.5 Å². The molecule has 2 aliphatic rings. The first-order valence-corrected chi connectivity index (χ1v) is 8.43. The van der Waals surface area contributed by atoms with Crippen LogP contribution in [0, 0.1) is 0 Å². The van der Waals surface area contributed by atoms with E-state index in [4.69, 9.17) is 0 Å². The van der Waals surface area contributed by atoms with Gasteiger partial charge in [-0.05, 0) is 37.5 Å². The molecule has 3 rings (SSSR count). The van der Waals surface area contributed by atoms with Crippen LogP contribution in [0.1, 0.15) is 25.7 Å². The van der Waals surface area contributed by atoms with Gasteiger partial charge in [-0.25, -0.2) is 9.97 Å². The van der Waals surface area contributed by atoms with Gasteiger partial charge >= 0.3 is 0 Å². The minimum atomic E-state index is 0.598. The van der Waals surface area contributed by atoms with Gasteiger partial charge in [-0.3, -0.25) is 0 Å². The summed E-state index contributed by atoms with van der Waals surface area (Å²) < 4.78 is 0. The van der Waals surface area contributed by atoms with Gasteiger partial charge in [-0.1, -0.05) is 0 Å². The Morgan fingerprint density at radius 2 is 2.00 bits per heavy atom. The van der Waals surface area contributed by atoms with Gasteiger partial charge in [0.15, 0.2) is 0 Å². The van der Waals surface area contributed by atoms with Gasteiger partial charge in [0.2, 0.25) is 5.95 Å². The second kappa shape index (κ2) is 6.57. The molecule has 0 aromatic carbocycles. The van der Waals surface area contributed by atoms with Gasteiger partial charge in [0.25, 0.3) is 0 Å². The van der Waals surface area contributed by atoms with Crippen molar-refractivity contribution in [2.45, 2.75) is 37.8 Å². The molecule has 3 heterocycles. The van der Waals surface area contributed by atoms with E-state index in [1.807, 2.05) is 18.5 Å². The summed E-state index contributed by atoms with van der Waals surface area (Å²) in [6.45, 7) is 2.13. The van der Waals surface area contributed by atoms with E-state index in [2.05, 4.69) is 31.9 Å². The molecule has 1 aromatic rings. The second-order valence-corrected chi connectivity index (χ2v) is 6.56. The summed E-state index contributed by atoms with van der Waals surface area (Å²) in [6, 6.07) is 3.18. The molecule has 5 heteroatoms. The molecule has 0 bridgehead atoms. The molecule has 1 N–H and O–H groups in total. The second-order valence-electron chi connectivity index (χ2n) is 5.41. The summed E-state index contributed by atoms with van der Waals surface area (Å²) in [6.07, 6.45) is 8.88. The summed E-state index contributed by atoms with van der Waals surface area (Å²) >= 11 is 2.09. The summed E-state index contributed by atoms with van der Waals surface area (Å²) in [7, 11) is 0. The highest BCUT2D eigenvalue weighted by molar-refractivity contribution is 7.99. The van der Waals surface area contributed by atoms with Gasteiger partial charge in [0.1, 0.15) is 0 Å². The lowest BCUT2D eigenvalue weighted by Gasteiger charge is -2.36. The third-order valence-corrected chi connectivity index (χ3v) is 5.10. The van der Waals surface area contributed by atoms with E-state index in [9.17, 15) is 0 Å². The Morgan fingerprint density at radius 3 is 2.79 bits per heavy atom. The van der Waals surface area contributed by atoms with E-state index in [1.165, 1.54) is 37.2 Å². The molecule has 2 atom stereocenters. The third kappa shape index (κ3) is 3.60. The summed E-state index contributed by atoms with van der Waals surface area (Å²) in [5, 5.41) is 3.84. The Kier molecular flexibility index (Phi) is 4.56. The normalized spacial score (nSPS) is 28.3. The predicted octanol–water partition coefficient (Wildman–Crippen LogP) is 1.93. The summed E-state index contributed by atoms with van der Waals surface area (Å²) in [5.74, 6) is 3.50. The van der Waals surface area contributed by atoms with Crippen LogP contribution in [0.4, 0.5) is 5.95 Å². The monoisotopic (exact) mass is 278 g/mol. The standard InChI is InChI=1S/C14H22N4S/c1-4-12(17-13-5-2-9-19-11-13)10-18(8-1)14-15-6-3-7-16-14/h3,6-7,12-13,17H,1-2,4-5,8-11H2. The number of thioether (sulfide) groups is 1. The highest BCUT2D eigenvalue weighted by Crippen LogP contribution is 2.20. The van der Waals surface area contributed by atoms with Crippen LogP contribution in [0.3, 0.4) is 0 Å². The summed E-state index contributed by atoms with van der Waals surface area (Å²) in [5.41, 5.74) is 0. The molecule has 2 unspecified atom stereocenters. The van der Waals surface area contributed by atoms with Crippen molar-refractivity contribution >= 4 is 17.7 Å². The van der Waals surface area contributed by atoms with E-state index in [0.717, 1.165) is 19.0 Å². The van der Waals surface area contributed by atoms with Gasteiger partial charge in [-0.15, -0.1) is 0 Å². The van der Waals surface area contributed by atoms with Crippen molar-refractivity contribution in [3.05, 3.63) is 18.5 Å². The van der Waals surface area contributed by atoms with Gasteiger partial charge in [0, 0.05) is 43.3 Å². The third-order valence-electron chi connectivity index (χ3n) is 3.89. The maximum absolute atomic E-state index is 4.37. The molecule has 0 aliphatic carbocycles. The molecule has 2 fully saturated rings. The Hall–Kier alpha value is -0.810. The van der Waals surface area contributed by atoms with Crippen molar-refractivity contribution in [1.29, 1.82) is 0 Å². The lowest BCUT2D eigenvalue weighted by molar-refractivity contribution is 0.370. The molecule has 2 saturated heterocycles. The number of piperidine rings is 1. The smallest absolute Gasteiger partial charge is 0.225 e. The van der Waals surface area contributed by atoms with Crippen molar-refractivity contribution in [3.8, 4) is 0 Å². The molecular formula is C14H22N4S. The van der Waals surface area contributed by atoms with Crippen LogP contribution in [0.2, 0.25) is 0 Å². The van der Waals surface area contributed by atoms with Crippen LogP contribution in [-0.4, -0.2) is 46.6 Å². The van der Waals surface area contributed by atoms with Crippen molar-refractivity contribution in [2.24, 2.45) is 0 Å². The van der Waals surface area contributed by atoms with Crippen LogP contribution in [0.25, 0.3) is 0 Å². The predicted molar refractivity (Wildman–Crippen MR) is 80.7 cm³/mol. The first-order chi connectivity index (χ1) is 9.42. The van der Waals surface area contributed by atoms with Crippen LogP contribution in [0.15, 0.2) is 18.5 Å². The Bertz CT molecular complexity index is 380. The minimum absolute atomic E-state index is 0.598. The fourth-order valence-electron chi connectivity index (χ4n) is 2.95. The largest absolute Gasteiger partial charge is 0.339 e. The number of rotatable bonds is 3. The topological polar surface area (TPSA) is 41.1 Å². The van der Waals surface area contributed by atoms with E-state index < -0.39 is 0 Å². The van der Waals surface area contributed by atoms with E-state index in [1.54, 1.807) is 0 Å². The Balaban J connectivity index is 1.55. The lowest BCUT2D eigenvalue weighted by atomic mass is 10.0. The van der Waals surface area contributed by atoms with Crippen molar-refractivity contribution < 1.29 is 0 Å². The van der Waals surface area contributed by atoms with Gasteiger partial charge in [-0.2, -0.15) is 11.8 Å². The molecule has 4 nitrogen and oxygen atoms in total. The number of anilines is 1.